The second-order valence-corrected chi connectivity index (χ2v) is 5.27. The lowest BCUT2D eigenvalue weighted by atomic mass is 10.2. The van der Waals surface area contributed by atoms with Crippen LogP contribution in [0.1, 0.15) is 15.9 Å². The van der Waals surface area contributed by atoms with Gasteiger partial charge in [0, 0.05) is 28.0 Å². The van der Waals surface area contributed by atoms with E-state index >= 15 is 0 Å². The molecule has 0 saturated heterocycles. The normalized spacial score (nSPS) is 11.5. The first-order chi connectivity index (χ1) is 9.81. The molecule has 2 rings (SSSR count). The maximum Gasteiger partial charge on any atom is 0.454 e. The number of ether oxygens (including phenoxy) is 1. The van der Waals surface area contributed by atoms with Gasteiger partial charge in [-0.3, -0.25) is 4.79 Å². The zero-order valence-electron chi connectivity index (χ0n) is 10.9. The highest BCUT2D eigenvalue weighted by atomic mass is 79.9. The van der Waals surface area contributed by atoms with Crippen LogP contribution in [-0.4, -0.2) is 23.6 Å². The summed E-state index contributed by atoms with van der Waals surface area (Å²) in [6, 6.07) is 6.52. The summed E-state index contributed by atoms with van der Waals surface area (Å²) in [5.74, 6) is -1.22. The Bertz CT molecular complexity index is 664. The topological polar surface area (TPSA) is 31.2 Å². The standard InChI is InChI=1S/C14H11BrF3NO2/c1-21-12-3-2-11(15)6-10(12)8-19-5-4-9(7-19)13(20)14(16,17)18/h2-7H,8H2,1H3. The third-order valence-electron chi connectivity index (χ3n) is 2.87. The SMILES string of the molecule is COc1ccc(Br)cc1Cn1ccc(C(=O)C(F)(F)F)c1. The van der Waals surface area contributed by atoms with E-state index in [-0.39, 0.29) is 5.56 Å². The van der Waals surface area contributed by atoms with Crippen LogP contribution in [0.4, 0.5) is 13.2 Å². The van der Waals surface area contributed by atoms with Crippen LogP contribution in [-0.2, 0) is 6.54 Å². The molecule has 0 amide bonds. The number of rotatable bonds is 4. The fourth-order valence-electron chi connectivity index (χ4n) is 1.90. The molecule has 2 aromatic rings. The van der Waals surface area contributed by atoms with Crippen molar-refractivity contribution in [2.75, 3.05) is 7.11 Å². The van der Waals surface area contributed by atoms with Gasteiger partial charge in [0.1, 0.15) is 5.75 Å². The van der Waals surface area contributed by atoms with Crippen molar-refractivity contribution < 1.29 is 22.7 Å². The molecule has 0 fully saturated rings. The molecule has 1 heterocycles. The number of alkyl halides is 3. The summed E-state index contributed by atoms with van der Waals surface area (Å²) in [4.78, 5) is 11.1. The van der Waals surface area contributed by atoms with Crippen molar-refractivity contribution >= 4 is 21.7 Å². The van der Waals surface area contributed by atoms with E-state index in [1.807, 2.05) is 6.07 Å². The van der Waals surface area contributed by atoms with Crippen molar-refractivity contribution in [1.29, 1.82) is 0 Å². The Hall–Kier alpha value is -1.76. The Morgan fingerprint density at radius 3 is 2.67 bits per heavy atom. The second-order valence-electron chi connectivity index (χ2n) is 4.36. The van der Waals surface area contributed by atoms with Gasteiger partial charge in [0.15, 0.2) is 0 Å². The number of methoxy groups -OCH3 is 1. The number of hydrogen-bond donors (Lipinski definition) is 0. The third-order valence-corrected chi connectivity index (χ3v) is 3.36. The molecule has 1 aromatic heterocycles. The molecule has 0 N–H and O–H groups in total. The molecular formula is C14H11BrF3NO2. The van der Waals surface area contributed by atoms with Gasteiger partial charge in [0.2, 0.25) is 0 Å². The molecule has 0 aliphatic rings. The Morgan fingerprint density at radius 2 is 2.05 bits per heavy atom. The van der Waals surface area contributed by atoms with E-state index in [4.69, 9.17) is 4.74 Å². The maximum absolute atomic E-state index is 12.4. The van der Waals surface area contributed by atoms with Gasteiger partial charge in [-0.2, -0.15) is 13.2 Å². The minimum absolute atomic E-state index is 0.299. The van der Waals surface area contributed by atoms with Crippen molar-refractivity contribution in [3.05, 3.63) is 52.3 Å². The summed E-state index contributed by atoms with van der Waals surface area (Å²) < 4.78 is 44.6. The van der Waals surface area contributed by atoms with E-state index in [1.165, 1.54) is 24.1 Å². The molecule has 21 heavy (non-hydrogen) atoms. The number of hydrogen-bond acceptors (Lipinski definition) is 2. The minimum Gasteiger partial charge on any atom is -0.496 e. The smallest absolute Gasteiger partial charge is 0.454 e. The summed E-state index contributed by atoms with van der Waals surface area (Å²) in [7, 11) is 1.51. The van der Waals surface area contributed by atoms with E-state index < -0.39 is 12.0 Å². The van der Waals surface area contributed by atoms with Crippen molar-refractivity contribution in [1.82, 2.24) is 4.57 Å². The zero-order chi connectivity index (χ0) is 15.6. The zero-order valence-corrected chi connectivity index (χ0v) is 12.5. The fourth-order valence-corrected chi connectivity index (χ4v) is 2.31. The first kappa shape index (κ1) is 15.6. The van der Waals surface area contributed by atoms with E-state index in [1.54, 1.807) is 12.1 Å². The van der Waals surface area contributed by atoms with Crippen molar-refractivity contribution in [2.24, 2.45) is 0 Å². The van der Waals surface area contributed by atoms with Crippen LogP contribution < -0.4 is 4.74 Å². The summed E-state index contributed by atoms with van der Waals surface area (Å²) in [5, 5.41) is 0. The highest BCUT2D eigenvalue weighted by Gasteiger charge is 2.39. The van der Waals surface area contributed by atoms with E-state index in [2.05, 4.69) is 15.9 Å². The van der Waals surface area contributed by atoms with Gasteiger partial charge < -0.3 is 9.30 Å². The average molecular weight is 362 g/mol. The molecule has 0 unspecified atom stereocenters. The molecule has 112 valence electrons. The predicted octanol–water partition coefficient (Wildman–Crippen LogP) is 4.05. The van der Waals surface area contributed by atoms with Gasteiger partial charge in [-0.1, -0.05) is 15.9 Å². The summed E-state index contributed by atoms with van der Waals surface area (Å²) in [6.45, 7) is 0.299. The van der Waals surface area contributed by atoms with Crippen LogP contribution in [0.15, 0.2) is 41.1 Å². The van der Waals surface area contributed by atoms with Gasteiger partial charge in [0.25, 0.3) is 5.78 Å². The van der Waals surface area contributed by atoms with Gasteiger partial charge in [0.05, 0.1) is 13.7 Å². The first-order valence-corrected chi connectivity index (χ1v) is 6.70. The van der Waals surface area contributed by atoms with E-state index in [0.717, 1.165) is 16.1 Å². The van der Waals surface area contributed by atoms with Crippen LogP contribution in [0.25, 0.3) is 0 Å². The molecule has 0 bridgehead atoms. The lowest BCUT2D eigenvalue weighted by Gasteiger charge is -2.10. The van der Waals surface area contributed by atoms with Crippen LogP contribution in [0.2, 0.25) is 0 Å². The van der Waals surface area contributed by atoms with Gasteiger partial charge in [-0.15, -0.1) is 0 Å². The van der Waals surface area contributed by atoms with Crippen LogP contribution in [0.3, 0.4) is 0 Å². The summed E-state index contributed by atoms with van der Waals surface area (Å²) in [5.41, 5.74) is 0.407. The van der Waals surface area contributed by atoms with Gasteiger partial charge in [-0.05, 0) is 24.3 Å². The number of carbonyl (C=O) groups excluding carboxylic acids is 1. The molecule has 7 heteroatoms. The van der Waals surface area contributed by atoms with Gasteiger partial charge >= 0.3 is 6.18 Å². The number of Topliss-reactive ketones (excluding diaryl/α,β-unsaturated/α-hetero) is 1. The Balaban J connectivity index is 2.24. The number of carbonyl (C=O) groups is 1. The summed E-state index contributed by atoms with van der Waals surface area (Å²) >= 11 is 3.33. The fraction of sp³-hybridized carbons (Fsp3) is 0.214. The lowest BCUT2D eigenvalue weighted by molar-refractivity contribution is -0.0885. The monoisotopic (exact) mass is 361 g/mol. The molecule has 0 radical (unpaired) electrons. The quantitative estimate of drug-likeness (QED) is 0.769. The molecule has 3 nitrogen and oxygen atoms in total. The third kappa shape index (κ3) is 3.66. The largest absolute Gasteiger partial charge is 0.496 e. The van der Waals surface area contributed by atoms with Crippen LogP contribution in [0.5, 0.6) is 5.75 Å². The maximum atomic E-state index is 12.4. The lowest BCUT2D eigenvalue weighted by Crippen LogP contribution is -2.22. The molecule has 0 aliphatic carbocycles. The molecule has 0 atom stereocenters. The van der Waals surface area contributed by atoms with Gasteiger partial charge in [-0.25, -0.2) is 0 Å². The highest BCUT2D eigenvalue weighted by Crippen LogP contribution is 2.25. The Morgan fingerprint density at radius 1 is 1.33 bits per heavy atom. The predicted molar refractivity (Wildman–Crippen MR) is 74.6 cm³/mol. The molecule has 0 aliphatic heterocycles. The molecule has 0 spiro atoms. The highest BCUT2D eigenvalue weighted by molar-refractivity contribution is 9.10. The Labute approximate surface area is 127 Å². The number of benzene rings is 1. The average Bonchev–Trinajstić information content (AvgIpc) is 2.85. The summed E-state index contributed by atoms with van der Waals surface area (Å²) in [6.07, 6.45) is -2.25. The number of ketones is 1. The van der Waals surface area contributed by atoms with Crippen molar-refractivity contribution in [3.63, 3.8) is 0 Å². The number of aromatic nitrogens is 1. The minimum atomic E-state index is -4.86. The van der Waals surface area contributed by atoms with Crippen molar-refractivity contribution in [2.45, 2.75) is 12.7 Å². The molecule has 0 saturated carbocycles. The second kappa shape index (κ2) is 5.93. The van der Waals surface area contributed by atoms with Crippen LogP contribution >= 0.6 is 15.9 Å². The van der Waals surface area contributed by atoms with Crippen LogP contribution in [0, 0.1) is 0 Å². The van der Waals surface area contributed by atoms with E-state index in [9.17, 15) is 18.0 Å². The Kier molecular flexibility index (Phi) is 4.41. The molecular weight excluding hydrogens is 351 g/mol. The molecule has 1 aromatic carbocycles. The first-order valence-electron chi connectivity index (χ1n) is 5.91. The number of halogens is 4. The number of nitrogens with zero attached hydrogens (tertiary/aromatic N) is 1. The van der Waals surface area contributed by atoms with E-state index in [0.29, 0.717) is 12.3 Å². The van der Waals surface area contributed by atoms with Crippen molar-refractivity contribution in [3.8, 4) is 5.75 Å².